The van der Waals surface area contributed by atoms with Gasteiger partial charge in [-0.1, -0.05) is 30.1 Å². The van der Waals surface area contributed by atoms with E-state index in [0.29, 0.717) is 6.04 Å². The zero-order chi connectivity index (χ0) is 14.6. The van der Waals surface area contributed by atoms with Gasteiger partial charge in [-0.15, -0.1) is 0 Å². The lowest BCUT2D eigenvalue weighted by Gasteiger charge is -2.34. The summed E-state index contributed by atoms with van der Waals surface area (Å²) in [5.74, 6) is 0. The zero-order valence-corrected chi connectivity index (χ0v) is 12.8. The minimum Gasteiger partial charge on any atom is -0.389 e. The summed E-state index contributed by atoms with van der Waals surface area (Å²) in [4.78, 5) is 5.73. The van der Waals surface area contributed by atoms with Crippen LogP contribution in [0.2, 0.25) is 0 Å². The summed E-state index contributed by atoms with van der Waals surface area (Å²) in [6.07, 6.45) is 11.7. The molecule has 1 aromatic carbocycles. The van der Waals surface area contributed by atoms with Crippen LogP contribution in [-0.4, -0.2) is 21.1 Å². The molecule has 1 aromatic heterocycles. The number of aromatic nitrogens is 2. The van der Waals surface area contributed by atoms with Gasteiger partial charge in [-0.3, -0.25) is 4.68 Å². The van der Waals surface area contributed by atoms with Crippen LogP contribution in [0.15, 0.2) is 29.6 Å². The lowest BCUT2D eigenvalue weighted by molar-refractivity contribution is -0.0755. The molecule has 5 rings (SSSR count). The summed E-state index contributed by atoms with van der Waals surface area (Å²) in [5.41, 5.74) is 3.61. The number of hydrogen-bond donors (Lipinski definition) is 0. The maximum Gasteiger partial charge on any atom is 0.143 e. The number of oxime groups is 1. The lowest BCUT2D eigenvalue weighted by Crippen LogP contribution is -2.36. The molecule has 2 aliphatic carbocycles. The summed E-state index contributed by atoms with van der Waals surface area (Å²) in [6, 6.07) is 7.19. The highest BCUT2D eigenvalue weighted by Gasteiger charge is 2.44. The van der Waals surface area contributed by atoms with Crippen molar-refractivity contribution in [3.8, 4) is 0 Å². The fourth-order valence-electron chi connectivity index (χ4n) is 4.17. The minimum atomic E-state index is 0.0377. The number of nitrogens with zero attached hydrogens (tertiary/aromatic N) is 3. The van der Waals surface area contributed by atoms with Crippen molar-refractivity contribution in [3.63, 3.8) is 0 Å². The second-order valence-corrected chi connectivity index (χ2v) is 7.14. The molecule has 0 radical (unpaired) electrons. The summed E-state index contributed by atoms with van der Waals surface area (Å²) < 4.78 is 2.24. The van der Waals surface area contributed by atoms with Gasteiger partial charge in [-0.05, 0) is 38.2 Å². The van der Waals surface area contributed by atoms with Crippen molar-refractivity contribution >= 4 is 16.6 Å². The zero-order valence-electron chi connectivity index (χ0n) is 12.8. The third-order valence-corrected chi connectivity index (χ3v) is 5.71. The average Bonchev–Trinajstić information content (AvgIpc) is 3.23. The van der Waals surface area contributed by atoms with Crippen molar-refractivity contribution in [1.82, 2.24) is 9.78 Å². The standard InChI is InChI=1S/C18H21N3O/c1-2-5-15(4-1)21-17-10-13(6-7-14(17)12-19-21)16-11-18(22-20-16)8-3-9-18/h6-7,10,12,15H,1-5,8-9,11H2. The predicted octanol–water partition coefficient (Wildman–Crippen LogP) is 4.20. The average molecular weight is 295 g/mol. The second-order valence-electron chi connectivity index (χ2n) is 7.14. The predicted molar refractivity (Wildman–Crippen MR) is 86.1 cm³/mol. The van der Waals surface area contributed by atoms with Gasteiger partial charge in [0, 0.05) is 17.4 Å². The summed E-state index contributed by atoms with van der Waals surface area (Å²) in [6.45, 7) is 0. The van der Waals surface area contributed by atoms with Gasteiger partial charge in [0.2, 0.25) is 0 Å². The summed E-state index contributed by atoms with van der Waals surface area (Å²) in [7, 11) is 0. The first-order valence-electron chi connectivity index (χ1n) is 8.56. The molecule has 0 atom stereocenters. The van der Waals surface area contributed by atoms with Gasteiger partial charge in [0.25, 0.3) is 0 Å². The highest BCUT2D eigenvalue weighted by atomic mass is 16.7. The molecule has 4 heteroatoms. The normalized spacial score (nSPS) is 23.7. The first-order chi connectivity index (χ1) is 10.8. The van der Waals surface area contributed by atoms with E-state index in [-0.39, 0.29) is 5.60 Å². The molecule has 2 aromatic rings. The van der Waals surface area contributed by atoms with Gasteiger partial charge in [0.05, 0.1) is 23.5 Å². The van der Waals surface area contributed by atoms with Gasteiger partial charge >= 0.3 is 0 Å². The summed E-state index contributed by atoms with van der Waals surface area (Å²) in [5, 5.41) is 10.3. The molecule has 1 spiro atoms. The Labute approximate surface area is 130 Å². The molecule has 3 aliphatic rings. The highest BCUT2D eigenvalue weighted by molar-refractivity contribution is 6.04. The van der Waals surface area contributed by atoms with E-state index in [1.54, 1.807) is 0 Å². The van der Waals surface area contributed by atoms with Crippen molar-refractivity contribution in [2.75, 3.05) is 0 Å². The third-order valence-electron chi connectivity index (χ3n) is 5.71. The van der Waals surface area contributed by atoms with Crippen molar-refractivity contribution in [2.24, 2.45) is 5.16 Å². The Morgan fingerprint density at radius 2 is 2.00 bits per heavy atom. The van der Waals surface area contributed by atoms with E-state index in [9.17, 15) is 0 Å². The minimum absolute atomic E-state index is 0.0377. The largest absolute Gasteiger partial charge is 0.389 e. The van der Waals surface area contributed by atoms with Crippen LogP contribution in [0.25, 0.3) is 10.9 Å². The van der Waals surface area contributed by atoms with Crippen LogP contribution in [0, 0.1) is 0 Å². The second kappa shape index (κ2) is 4.58. The number of fused-ring (bicyclic) bond motifs is 1. The Morgan fingerprint density at radius 3 is 2.73 bits per heavy atom. The van der Waals surface area contributed by atoms with E-state index in [4.69, 9.17) is 4.84 Å². The van der Waals surface area contributed by atoms with Gasteiger partial charge in [0.15, 0.2) is 0 Å². The van der Waals surface area contributed by atoms with Crippen molar-refractivity contribution in [3.05, 3.63) is 30.0 Å². The molecule has 22 heavy (non-hydrogen) atoms. The highest BCUT2D eigenvalue weighted by Crippen LogP contribution is 2.43. The van der Waals surface area contributed by atoms with E-state index in [0.717, 1.165) is 25.0 Å². The van der Waals surface area contributed by atoms with Gasteiger partial charge in [-0.25, -0.2) is 0 Å². The van der Waals surface area contributed by atoms with E-state index >= 15 is 0 Å². The molecule has 0 saturated heterocycles. The first-order valence-corrected chi connectivity index (χ1v) is 8.56. The van der Waals surface area contributed by atoms with E-state index < -0.39 is 0 Å². The van der Waals surface area contributed by atoms with Crippen LogP contribution in [0.1, 0.15) is 63.0 Å². The van der Waals surface area contributed by atoms with Gasteiger partial charge in [-0.2, -0.15) is 5.10 Å². The summed E-state index contributed by atoms with van der Waals surface area (Å²) >= 11 is 0. The molecular weight excluding hydrogens is 274 g/mol. The van der Waals surface area contributed by atoms with Crippen LogP contribution < -0.4 is 0 Å². The molecule has 0 bridgehead atoms. The molecule has 4 nitrogen and oxygen atoms in total. The van der Waals surface area contributed by atoms with E-state index in [1.165, 1.54) is 48.6 Å². The van der Waals surface area contributed by atoms with Crippen LogP contribution in [0.3, 0.4) is 0 Å². The quantitative estimate of drug-likeness (QED) is 0.833. The fourth-order valence-corrected chi connectivity index (χ4v) is 4.17. The van der Waals surface area contributed by atoms with Crippen LogP contribution in [-0.2, 0) is 4.84 Å². The molecule has 2 fully saturated rings. The smallest absolute Gasteiger partial charge is 0.143 e. The SMILES string of the molecule is c1cc2cnn(C3CCCC3)c2cc1C1=NOC2(CCC2)C1. The fraction of sp³-hybridized carbons (Fsp3) is 0.556. The lowest BCUT2D eigenvalue weighted by atomic mass is 9.76. The van der Waals surface area contributed by atoms with E-state index in [1.807, 2.05) is 6.20 Å². The molecule has 114 valence electrons. The molecule has 0 amide bonds. The van der Waals surface area contributed by atoms with Crippen molar-refractivity contribution in [1.29, 1.82) is 0 Å². The van der Waals surface area contributed by atoms with Crippen LogP contribution in [0.5, 0.6) is 0 Å². The van der Waals surface area contributed by atoms with Gasteiger partial charge < -0.3 is 4.84 Å². The maximum atomic E-state index is 5.73. The number of rotatable bonds is 2. The Balaban J connectivity index is 1.51. The van der Waals surface area contributed by atoms with Crippen molar-refractivity contribution in [2.45, 2.75) is 63.0 Å². The van der Waals surface area contributed by atoms with E-state index in [2.05, 4.69) is 33.1 Å². The van der Waals surface area contributed by atoms with Gasteiger partial charge in [0.1, 0.15) is 5.60 Å². The Bertz CT molecular complexity index is 751. The Kier molecular flexibility index (Phi) is 2.64. The monoisotopic (exact) mass is 295 g/mol. The number of benzene rings is 1. The number of hydrogen-bond acceptors (Lipinski definition) is 3. The first kappa shape index (κ1) is 12.7. The molecule has 0 unspecified atom stereocenters. The Hall–Kier alpha value is -1.84. The maximum absolute atomic E-state index is 5.73. The molecule has 2 saturated carbocycles. The molecule has 0 N–H and O–H groups in total. The van der Waals surface area contributed by atoms with Crippen molar-refractivity contribution < 1.29 is 4.84 Å². The third kappa shape index (κ3) is 1.82. The Morgan fingerprint density at radius 1 is 1.14 bits per heavy atom. The van der Waals surface area contributed by atoms with Crippen LogP contribution in [0.4, 0.5) is 0 Å². The molecular formula is C18H21N3O. The topological polar surface area (TPSA) is 39.4 Å². The van der Waals surface area contributed by atoms with Crippen LogP contribution >= 0.6 is 0 Å². The molecule has 2 heterocycles. The molecule has 1 aliphatic heterocycles.